The van der Waals surface area contributed by atoms with Gasteiger partial charge in [-0.2, -0.15) is 0 Å². The van der Waals surface area contributed by atoms with E-state index in [1.54, 1.807) is 0 Å². The Balaban J connectivity index is 1.79. The van der Waals surface area contributed by atoms with Crippen molar-refractivity contribution in [2.45, 2.75) is 6.92 Å². The zero-order chi connectivity index (χ0) is 18.9. The summed E-state index contributed by atoms with van der Waals surface area (Å²) in [4.78, 5) is 0. The van der Waals surface area contributed by atoms with Crippen LogP contribution in [0.25, 0.3) is 32.7 Å². The number of aryl methyl sites for hydroxylation is 1. The molecule has 0 aromatic heterocycles. The van der Waals surface area contributed by atoms with Gasteiger partial charge in [-0.1, -0.05) is 117 Å². The van der Waals surface area contributed by atoms with Gasteiger partial charge in [0.15, 0.2) is 0 Å². The summed E-state index contributed by atoms with van der Waals surface area (Å²) in [5.41, 5.74) is 4.00. The van der Waals surface area contributed by atoms with Crippen molar-refractivity contribution in [1.29, 1.82) is 0 Å². The fourth-order valence-electron chi connectivity index (χ4n) is 3.90. The third kappa shape index (κ3) is 3.11. The summed E-state index contributed by atoms with van der Waals surface area (Å²) in [6.07, 6.45) is 0. The van der Waals surface area contributed by atoms with Crippen LogP contribution in [-0.2, 0) is 0 Å². The average molecular weight is 376 g/mol. The summed E-state index contributed by atoms with van der Waals surface area (Å²) in [6, 6.07) is 37.6. The van der Waals surface area contributed by atoms with Crippen LogP contribution in [0.5, 0.6) is 0 Å². The maximum Gasteiger partial charge on any atom is -0.00215 e. The van der Waals surface area contributed by atoms with E-state index in [2.05, 4.69) is 110 Å². The summed E-state index contributed by atoms with van der Waals surface area (Å²) in [7, 11) is 0.632. The zero-order valence-electron chi connectivity index (χ0n) is 15.8. The number of benzene rings is 5. The van der Waals surface area contributed by atoms with Crippen molar-refractivity contribution in [3.8, 4) is 11.1 Å². The van der Waals surface area contributed by atoms with E-state index in [0.29, 0.717) is 8.58 Å². The molecule has 5 aromatic rings. The molecule has 0 spiro atoms. The number of rotatable bonds is 3. The molecule has 1 unspecified atom stereocenters. The van der Waals surface area contributed by atoms with Gasteiger partial charge in [-0.3, -0.25) is 0 Å². The highest BCUT2D eigenvalue weighted by molar-refractivity contribution is 7.55. The predicted octanol–water partition coefficient (Wildman–Crippen LogP) is 6.60. The monoisotopic (exact) mass is 376 g/mol. The van der Waals surface area contributed by atoms with E-state index < -0.39 is 0 Å². The van der Waals surface area contributed by atoms with Gasteiger partial charge in [0.2, 0.25) is 0 Å². The highest BCUT2D eigenvalue weighted by atomic mass is 31.1. The van der Waals surface area contributed by atoms with Crippen LogP contribution in [0.3, 0.4) is 0 Å². The smallest absolute Gasteiger partial charge is 0.00215 e. The predicted molar refractivity (Wildman–Crippen MR) is 126 cm³/mol. The molecule has 1 heteroatoms. The number of hydrogen-bond donors (Lipinski definition) is 0. The first-order valence-corrected chi connectivity index (χ1v) is 10.6. The first-order valence-electron chi connectivity index (χ1n) is 9.63. The van der Waals surface area contributed by atoms with Gasteiger partial charge >= 0.3 is 0 Å². The molecule has 0 nitrogen and oxygen atoms in total. The van der Waals surface area contributed by atoms with Crippen LogP contribution in [0, 0.1) is 6.92 Å². The Bertz CT molecular complexity index is 1280. The van der Waals surface area contributed by atoms with E-state index >= 15 is 0 Å². The second-order valence-corrected chi connectivity index (χ2v) is 8.59. The number of fused-ring (bicyclic) bond motifs is 2. The normalized spacial score (nSPS) is 11.6. The second-order valence-electron chi connectivity index (χ2n) is 7.23. The molecule has 0 aliphatic rings. The quantitative estimate of drug-likeness (QED) is 0.311. The van der Waals surface area contributed by atoms with Crippen molar-refractivity contribution < 1.29 is 0 Å². The van der Waals surface area contributed by atoms with Gasteiger partial charge in [0, 0.05) is 0 Å². The fraction of sp³-hybridized carbons (Fsp3) is 0.0370. The molecular weight excluding hydrogens is 355 g/mol. The van der Waals surface area contributed by atoms with Gasteiger partial charge in [0.1, 0.15) is 0 Å². The SMILES string of the molecule is Cc1ccc(Pc2ccc3ccccc3c2-c2cccc3ccccc23)cc1. The first-order chi connectivity index (χ1) is 13.8. The Morgan fingerprint density at radius 3 is 1.96 bits per heavy atom. The van der Waals surface area contributed by atoms with E-state index in [-0.39, 0.29) is 0 Å². The lowest BCUT2D eigenvalue weighted by molar-refractivity contribution is 1.49. The van der Waals surface area contributed by atoms with Gasteiger partial charge in [0.25, 0.3) is 0 Å². The second kappa shape index (κ2) is 7.23. The Hall–Kier alpha value is -2.95. The molecule has 0 amide bonds. The van der Waals surface area contributed by atoms with Crippen molar-refractivity contribution >= 4 is 40.7 Å². The standard InChI is InChI=1S/C27H21P/c1-19-13-16-22(17-14-19)28-26-18-15-21-8-3-5-11-24(21)27(26)25-12-6-9-20-7-2-4-10-23(20)25/h2-18,28H,1H3. The highest BCUT2D eigenvalue weighted by Crippen LogP contribution is 2.35. The molecule has 5 rings (SSSR count). The van der Waals surface area contributed by atoms with Gasteiger partial charge in [-0.15, -0.1) is 0 Å². The molecule has 0 aliphatic carbocycles. The lowest BCUT2D eigenvalue weighted by Crippen LogP contribution is -2.07. The summed E-state index contributed by atoms with van der Waals surface area (Å²) < 4.78 is 0. The molecule has 0 saturated heterocycles. The van der Waals surface area contributed by atoms with E-state index in [9.17, 15) is 0 Å². The van der Waals surface area contributed by atoms with Crippen LogP contribution < -0.4 is 10.6 Å². The summed E-state index contributed by atoms with van der Waals surface area (Å²) >= 11 is 0. The largest absolute Gasteiger partial charge is 0.0616 e. The molecule has 0 N–H and O–H groups in total. The molecule has 134 valence electrons. The van der Waals surface area contributed by atoms with E-state index in [1.807, 2.05) is 0 Å². The first kappa shape index (κ1) is 17.2. The molecule has 0 bridgehead atoms. The molecular formula is C27H21P. The number of hydrogen-bond acceptors (Lipinski definition) is 0. The van der Waals surface area contributed by atoms with Crippen LogP contribution in [0.1, 0.15) is 5.56 Å². The van der Waals surface area contributed by atoms with Gasteiger partial charge < -0.3 is 0 Å². The van der Waals surface area contributed by atoms with Crippen LogP contribution >= 0.6 is 8.58 Å². The summed E-state index contributed by atoms with van der Waals surface area (Å²) in [5.74, 6) is 0. The fourth-order valence-corrected chi connectivity index (χ4v) is 5.11. The molecule has 5 aromatic carbocycles. The Morgan fingerprint density at radius 1 is 0.536 bits per heavy atom. The van der Waals surface area contributed by atoms with E-state index in [0.717, 1.165) is 0 Å². The maximum atomic E-state index is 2.32. The van der Waals surface area contributed by atoms with Crippen molar-refractivity contribution in [2.75, 3.05) is 0 Å². The van der Waals surface area contributed by atoms with Crippen molar-refractivity contribution in [2.24, 2.45) is 0 Å². The zero-order valence-corrected chi connectivity index (χ0v) is 16.8. The summed E-state index contributed by atoms with van der Waals surface area (Å²) in [6.45, 7) is 2.14. The van der Waals surface area contributed by atoms with Gasteiger partial charge in [0.05, 0.1) is 0 Å². The minimum atomic E-state index is 0.632. The van der Waals surface area contributed by atoms with Gasteiger partial charge in [-0.25, -0.2) is 0 Å². The maximum absolute atomic E-state index is 2.32. The molecule has 0 heterocycles. The Morgan fingerprint density at radius 2 is 1.18 bits per heavy atom. The van der Waals surface area contributed by atoms with E-state index in [1.165, 1.54) is 48.8 Å². The topological polar surface area (TPSA) is 0 Å². The van der Waals surface area contributed by atoms with Crippen LogP contribution in [0.15, 0.2) is 103 Å². The summed E-state index contributed by atoms with van der Waals surface area (Å²) in [5, 5.41) is 8.01. The molecule has 1 atom stereocenters. The molecule has 0 aliphatic heterocycles. The lowest BCUT2D eigenvalue weighted by atomic mass is 9.94. The van der Waals surface area contributed by atoms with Crippen LogP contribution in [0.2, 0.25) is 0 Å². The van der Waals surface area contributed by atoms with Crippen LogP contribution in [0.4, 0.5) is 0 Å². The lowest BCUT2D eigenvalue weighted by Gasteiger charge is -2.16. The van der Waals surface area contributed by atoms with Crippen LogP contribution in [-0.4, -0.2) is 0 Å². The van der Waals surface area contributed by atoms with Crippen molar-refractivity contribution in [3.05, 3.63) is 109 Å². The average Bonchev–Trinajstić information content (AvgIpc) is 2.75. The molecule has 0 radical (unpaired) electrons. The van der Waals surface area contributed by atoms with Crippen molar-refractivity contribution in [1.82, 2.24) is 0 Å². The Kier molecular flexibility index (Phi) is 4.43. The molecule has 0 fully saturated rings. The van der Waals surface area contributed by atoms with Crippen molar-refractivity contribution in [3.63, 3.8) is 0 Å². The van der Waals surface area contributed by atoms with E-state index in [4.69, 9.17) is 0 Å². The minimum Gasteiger partial charge on any atom is -0.0616 e. The highest BCUT2D eigenvalue weighted by Gasteiger charge is 2.13. The third-order valence-corrected chi connectivity index (χ3v) is 6.63. The van der Waals surface area contributed by atoms with Gasteiger partial charge in [-0.05, 0) is 50.2 Å². The minimum absolute atomic E-state index is 0.632. The molecule has 0 saturated carbocycles. The molecule has 28 heavy (non-hydrogen) atoms. The Labute approximate surface area is 167 Å². The third-order valence-electron chi connectivity index (χ3n) is 5.32.